The van der Waals surface area contributed by atoms with Gasteiger partial charge in [0.05, 0.1) is 9.13 Å². The molecule has 2 N–H and O–H groups in total. The first-order valence-corrected chi connectivity index (χ1v) is 9.21. The predicted molar refractivity (Wildman–Crippen MR) is 104 cm³/mol. The number of carbonyl (C=O) groups excluding carboxylic acids is 1. The topological polar surface area (TPSA) is 91.8 Å². The van der Waals surface area contributed by atoms with E-state index in [4.69, 9.17) is 4.74 Å². The molecule has 3 rings (SSSR count). The van der Waals surface area contributed by atoms with E-state index in [0.717, 1.165) is 14.7 Å². The summed E-state index contributed by atoms with van der Waals surface area (Å²) in [6.45, 7) is 0.975. The maximum Gasteiger partial charge on any atom is 0.407 e. The molecule has 2 aromatic rings. The first-order valence-electron chi connectivity index (χ1n) is 8.13. The highest BCUT2D eigenvalue weighted by molar-refractivity contribution is 14.1. The minimum absolute atomic E-state index is 0.202. The van der Waals surface area contributed by atoms with E-state index in [1.165, 1.54) is 11.1 Å². The quantitative estimate of drug-likeness (QED) is 0.678. The lowest BCUT2D eigenvalue weighted by Gasteiger charge is -2.14. The molecule has 26 heavy (non-hydrogen) atoms. The zero-order chi connectivity index (χ0) is 18.7. The monoisotopic (exact) mass is 467 g/mol. The first-order chi connectivity index (χ1) is 12.5. The Labute approximate surface area is 164 Å². The molecule has 0 saturated heterocycles. The zero-order valence-corrected chi connectivity index (χ0v) is 16.3. The summed E-state index contributed by atoms with van der Waals surface area (Å²) in [4.78, 5) is 28.4. The summed E-state index contributed by atoms with van der Waals surface area (Å²) in [5.41, 5.74) is 2.70. The van der Waals surface area contributed by atoms with Gasteiger partial charge in [0.15, 0.2) is 0 Å². The van der Waals surface area contributed by atoms with Gasteiger partial charge in [0.1, 0.15) is 5.75 Å². The van der Waals surface area contributed by atoms with Gasteiger partial charge in [-0.05, 0) is 64.8 Å². The van der Waals surface area contributed by atoms with Crippen LogP contribution in [0.2, 0.25) is 0 Å². The van der Waals surface area contributed by atoms with E-state index in [9.17, 15) is 14.7 Å². The van der Waals surface area contributed by atoms with Gasteiger partial charge in [-0.25, -0.2) is 9.78 Å². The van der Waals surface area contributed by atoms with E-state index in [1.807, 2.05) is 12.1 Å². The number of hydrogen-bond donors (Lipinski definition) is 2. The Kier molecular flexibility index (Phi) is 5.60. The van der Waals surface area contributed by atoms with Crippen molar-refractivity contribution < 1.29 is 19.4 Å². The number of nitrogens with one attached hydrogen (secondary N) is 1. The van der Waals surface area contributed by atoms with E-state index in [-0.39, 0.29) is 5.91 Å². The van der Waals surface area contributed by atoms with Crippen LogP contribution in [0.5, 0.6) is 11.6 Å². The molecular formula is C18H18IN3O4. The summed E-state index contributed by atoms with van der Waals surface area (Å²) in [5, 5.41) is 11.7. The Balaban J connectivity index is 1.80. The van der Waals surface area contributed by atoms with E-state index in [1.54, 1.807) is 19.2 Å². The molecule has 8 heteroatoms. The van der Waals surface area contributed by atoms with E-state index in [2.05, 4.69) is 32.9 Å². The lowest BCUT2D eigenvalue weighted by molar-refractivity contribution is 0.0962. The Morgan fingerprint density at radius 2 is 1.92 bits per heavy atom. The van der Waals surface area contributed by atoms with Gasteiger partial charge in [-0.3, -0.25) is 4.79 Å². The molecule has 2 amide bonds. The highest BCUT2D eigenvalue weighted by atomic mass is 127. The van der Waals surface area contributed by atoms with Crippen molar-refractivity contribution in [2.45, 2.75) is 12.8 Å². The molecule has 0 fully saturated rings. The third-order valence-corrected chi connectivity index (χ3v) is 5.11. The Bertz CT molecular complexity index is 839. The number of ether oxygens (including phenoxy) is 1. The number of halogens is 1. The fraction of sp³-hybridized carbons (Fsp3) is 0.278. The molecular weight excluding hydrogens is 449 g/mol. The molecule has 1 aliphatic heterocycles. The van der Waals surface area contributed by atoms with Gasteiger partial charge in [-0.1, -0.05) is 0 Å². The third kappa shape index (κ3) is 4.06. The molecule has 0 saturated carbocycles. The fourth-order valence-electron chi connectivity index (χ4n) is 2.83. The van der Waals surface area contributed by atoms with Crippen LogP contribution in [0.25, 0.3) is 0 Å². The number of pyridine rings is 1. The van der Waals surface area contributed by atoms with Crippen LogP contribution >= 0.6 is 22.6 Å². The van der Waals surface area contributed by atoms with Gasteiger partial charge >= 0.3 is 6.09 Å². The van der Waals surface area contributed by atoms with Gasteiger partial charge < -0.3 is 20.1 Å². The Hall–Kier alpha value is -2.36. The third-order valence-electron chi connectivity index (χ3n) is 4.27. The van der Waals surface area contributed by atoms with Crippen molar-refractivity contribution in [2.24, 2.45) is 0 Å². The first kappa shape index (κ1) is 18.4. The summed E-state index contributed by atoms with van der Waals surface area (Å²) in [7, 11) is 1.57. The molecule has 0 spiro atoms. The standard InChI is InChI=1S/C18H18IN3O4/c1-20-17(23)13-2-3-16(21-10-13)26-15-9-12-5-7-22(18(24)25)6-4-11(12)8-14(15)19/h2-3,8-10H,4-7H2,1H3,(H,20,23)(H,24,25). The van der Waals surface area contributed by atoms with Crippen LogP contribution in [-0.2, 0) is 12.8 Å². The molecule has 1 aromatic heterocycles. The van der Waals surface area contributed by atoms with Crippen LogP contribution in [0.4, 0.5) is 4.79 Å². The molecule has 0 atom stereocenters. The smallest absolute Gasteiger partial charge is 0.407 e. The number of rotatable bonds is 3. The molecule has 0 bridgehead atoms. The van der Waals surface area contributed by atoms with E-state index < -0.39 is 6.09 Å². The molecule has 0 aliphatic carbocycles. The number of carboxylic acid groups (broad SMARTS) is 1. The summed E-state index contributed by atoms with van der Waals surface area (Å²) >= 11 is 2.20. The van der Waals surface area contributed by atoms with Gasteiger partial charge in [-0.2, -0.15) is 0 Å². The van der Waals surface area contributed by atoms with Crippen LogP contribution in [-0.4, -0.2) is 47.1 Å². The molecule has 0 unspecified atom stereocenters. The summed E-state index contributed by atoms with van der Waals surface area (Å²) in [6.07, 6.45) is 1.92. The van der Waals surface area contributed by atoms with Crippen molar-refractivity contribution in [3.63, 3.8) is 0 Å². The average Bonchev–Trinajstić information content (AvgIpc) is 2.84. The Morgan fingerprint density at radius 3 is 2.50 bits per heavy atom. The zero-order valence-electron chi connectivity index (χ0n) is 14.2. The van der Waals surface area contributed by atoms with Gasteiger partial charge in [-0.15, -0.1) is 0 Å². The predicted octanol–water partition coefficient (Wildman–Crippen LogP) is 2.92. The minimum Gasteiger partial charge on any atom is -0.465 e. The molecule has 0 radical (unpaired) electrons. The number of fused-ring (bicyclic) bond motifs is 1. The largest absolute Gasteiger partial charge is 0.465 e. The van der Waals surface area contributed by atoms with Crippen LogP contribution in [0.15, 0.2) is 30.5 Å². The van der Waals surface area contributed by atoms with Gasteiger partial charge in [0.2, 0.25) is 5.88 Å². The second-order valence-corrected chi connectivity index (χ2v) is 7.05. The van der Waals surface area contributed by atoms with Gasteiger partial charge in [0, 0.05) is 32.4 Å². The summed E-state index contributed by atoms with van der Waals surface area (Å²) in [5.74, 6) is 0.872. The summed E-state index contributed by atoms with van der Waals surface area (Å²) < 4.78 is 6.81. The Morgan fingerprint density at radius 1 is 1.23 bits per heavy atom. The minimum atomic E-state index is -0.885. The lowest BCUT2D eigenvalue weighted by Crippen LogP contribution is -2.31. The van der Waals surface area contributed by atoms with E-state index >= 15 is 0 Å². The van der Waals surface area contributed by atoms with Crippen molar-refractivity contribution >= 4 is 34.6 Å². The average molecular weight is 467 g/mol. The highest BCUT2D eigenvalue weighted by Crippen LogP contribution is 2.30. The molecule has 1 aromatic carbocycles. The van der Waals surface area contributed by atoms with Crippen molar-refractivity contribution in [1.29, 1.82) is 0 Å². The fourth-order valence-corrected chi connectivity index (χ4v) is 3.47. The van der Waals surface area contributed by atoms with Crippen molar-refractivity contribution in [3.8, 4) is 11.6 Å². The van der Waals surface area contributed by atoms with Crippen molar-refractivity contribution in [2.75, 3.05) is 20.1 Å². The lowest BCUT2D eigenvalue weighted by atomic mass is 10.0. The molecule has 2 heterocycles. The van der Waals surface area contributed by atoms with Crippen LogP contribution < -0.4 is 10.1 Å². The van der Waals surface area contributed by atoms with Crippen LogP contribution in [0.3, 0.4) is 0 Å². The molecule has 136 valence electrons. The highest BCUT2D eigenvalue weighted by Gasteiger charge is 2.19. The van der Waals surface area contributed by atoms with Gasteiger partial charge in [0.25, 0.3) is 5.91 Å². The summed E-state index contributed by atoms with van der Waals surface area (Å²) in [6, 6.07) is 7.30. The second kappa shape index (κ2) is 7.90. The second-order valence-electron chi connectivity index (χ2n) is 5.89. The SMILES string of the molecule is CNC(=O)c1ccc(Oc2cc3c(cc2I)CCN(C(=O)O)CC3)nc1. The maximum atomic E-state index is 11.6. The molecule has 7 nitrogen and oxygen atoms in total. The number of aromatic nitrogens is 1. The van der Waals surface area contributed by atoms with Crippen LogP contribution in [0, 0.1) is 3.57 Å². The number of hydrogen-bond acceptors (Lipinski definition) is 4. The number of nitrogens with zero attached hydrogens (tertiary/aromatic N) is 2. The number of benzene rings is 1. The maximum absolute atomic E-state index is 11.6. The number of amides is 2. The van der Waals surface area contributed by atoms with Crippen molar-refractivity contribution in [3.05, 3.63) is 50.7 Å². The van der Waals surface area contributed by atoms with Crippen molar-refractivity contribution in [1.82, 2.24) is 15.2 Å². The number of carbonyl (C=O) groups is 2. The normalized spacial score (nSPS) is 13.5. The van der Waals surface area contributed by atoms with E-state index in [0.29, 0.717) is 43.1 Å². The van der Waals surface area contributed by atoms with Crippen LogP contribution in [0.1, 0.15) is 21.5 Å². The molecule has 1 aliphatic rings.